The van der Waals surface area contributed by atoms with Gasteiger partial charge in [-0.3, -0.25) is 15.5 Å². The molecule has 0 spiro atoms. The number of halogens is 1. The first kappa shape index (κ1) is 16.8. The van der Waals surface area contributed by atoms with Gasteiger partial charge in [0.25, 0.3) is 5.69 Å². The summed E-state index contributed by atoms with van der Waals surface area (Å²) < 4.78 is 11.2. The van der Waals surface area contributed by atoms with Crippen LogP contribution in [0.25, 0.3) is 0 Å². The molecule has 8 heteroatoms. The molecule has 0 fully saturated rings. The number of non-ortho nitro benzene ring substituents is 1. The number of nitrogens with zero attached hydrogens (tertiary/aromatic N) is 2. The summed E-state index contributed by atoms with van der Waals surface area (Å²) in [5, 5.41) is 14.8. The molecule has 0 heterocycles. The first-order valence-corrected chi connectivity index (χ1v) is 7.29. The van der Waals surface area contributed by atoms with E-state index in [1.165, 1.54) is 12.1 Å². The van der Waals surface area contributed by atoms with Gasteiger partial charge in [0.2, 0.25) is 0 Å². The number of nitro benzene ring substituents is 1. The van der Waals surface area contributed by atoms with E-state index in [4.69, 9.17) is 9.47 Å². The molecule has 0 amide bonds. The standard InChI is InChI=1S/C15H14BrN3O4/c1-22-14-7-10(6-13(16)15(14)23-2)9-17-18-11-4-3-5-12(8-11)19(20)21/h3-9,18H,1-2H3. The Bertz CT molecular complexity index is 749. The maximum absolute atomic E-state index is 10.7. The number of hydrogen-bond donors (Lipinski definition) is 1. The number of methoxy groups -OCH3 is 2. The number of nitro groups is 1. The minimum absolute atomic E-state index is 0.000869. The van der Waals surface area contributed by atoms with Crippen LogP contribution in [0.5, 0.6) is 11.5 Å². The van der Waals surface area contributed by atoms with Crippen molar-refractivity contribution in [2.24, 2.45) is 5.10 Å². The van der Waals surface area contributed by atoms with Crippen LogP contribution >= 0.6 is 15.9 Å². The van der Waals surface area contributed by atoms with E-state index in [0.717, 1.165) is 10.0 Å². The minimum Gasteiger partial charge on any atom is -0.493 e. The molecule has 2 aromatic carbocycles. The molecular weight excluding hydrogens is 366 g/mol. The molecule has 0 unspecified atom stereocenters. The summed E-state index contributed by atoms with van der Waals surface area (Å²) in [7, 11) is 3.10. The van der Waals surface area contributed by atoms with Gasteiger partial charge in [0, 0.05) is 12.1 Å². The molecule has 2 rings (SSSR count). The van der Waals surface area contributed by atoms with Crippen molar-refractivity contribution in [1.29, 1.82) is 0 Å². The highest BCUT2D eigenvalue weighted by Crippen LogP contribution is 2.35. The van der Waals surface area contributed by atoms with E-state index in [2.05, 4.69) is 26.5 Å². The van der Waals surface area contributed by atoms with Gasteiger partial charge >= 0.3 is 0 Å². The van der Waals surface area contributed by atoms with E-state index in [9.17, 15) is 10.1 Å². The monoisotopic (exact) mass is 379 g/mol. The van der Waals surface area contributed by atoms with Crippen LogP contribution in [0.4, 0.5) is 11.4 Å². The minimum atomic E-state index is -0.458. The van der Waals surface area contributed by atoms with Gasteiger partial charge in [-0.25, -0.2) is 0 Å². The van der Waals surface area contributed by atoms with Crippen molar-refractivity contribution in [3.8, 4) is 11.5 Å². The first-order chi connectivity index (χ1) is 11.0. The summed E-state index contributed by atoms with van der Waals surface area (Å²) in [6.07, 6.45) is 1.57. The third-order valence-corrected chi connectivity index (χ3v) is 3.51. The number of ether oxygens (including phenoxy) is 2. The normalized spacial score (nSPS) is 10.6. The number of nitrogens with one attached hydrogen (secondary N) is 1. The Morgan fingerprint density at radius 3 is 2.70 bits per heavy atom. The molecule has 1 N–H and O–H groups in total. The number of hydrazone groups is 1. The summed E-state index contributed by atoms with van der Waals surface area (Å²) in [5.41, 5.74) is 4.04. The van der Waals surface area contributed by atoms with Crippen molar-refractivity contribution in [3.05, 3.63) is 56.5 Å². The Labute approximate surface area is 141 Å². The smallest absolute Gasteiger partial charge is 0.271 e. The van der Waals surface area contributed by atoms with Gasteiger partial charge in [-0.15, -0.1) is 0 Å². The molecule has 7 nitrogen and oxygen atoms in total. The van der Waals surface area contributed by atoms with E-state index in [-0.39, 0.29) is 5.69 Å². The predicted octanol–water partition coefficient (Wildman–Crippen LogP) is 3.82. The van der Waals surface area contributed by atoms with Crippen LogP contribution < -0.4 is 14.9 Å². The molecule has 0 aliphatic heterocycles. The maximum Gasteiger partial charge on any atom is 0.271 e. The number of rotatable bonds is 6. The lowest BCUT2D eigenvalue weighted by Crippen LogP contribution is -1.95. The molecular formula is C15H14BrN3O4. The Morgan fingerprint density at radius 1 is 1.26 bits per heavy atom. The van der Waals surface area contributed by atoms with Crippen LogP contribution in [-0.4, -0.2) is 25.4 Å². The molecule has 0 bridgehead atoms. The highest BCUT2D eigenvalue weighted by atomic mass is 79.9. The third-order valence-electron chi connectivity index (χ3n) is 2.92. The van der Waals surface area contributed by atoms with Crippen molar-refractivity contribution < 1.29 is 14.4 Å². The molecule has 0 aliphatic carbocycles. The topological polar surface area (TPSA) is 86.0 Å². The van der Waals surface area contributed by atoms with Crippen molar-refractivity contribution >= 4 is 33.5 Å². The zero-order valence-electron chi connectivity index (χ0n) is 12.4. The summed E-state index contributed by atoms with van der Waals surface area (Å²) in [6, 6.07) is 9.68. The highest BCUT2D eigenvalue weighted by molar-refractivity contribution is 9.10. The average molecular weight is 380 g/mol. The fraction of sp³-hybridized carbons (Fsp3) is 0.133. The van der Waals surface area contributed by atoms with E-state index in [1.54, 1.807) is 38.6 Å². The lowest BCUT2D eigenvalue weighted by atomic mass is 10.2. The molecule has 0 aliphatic rings. The number of benzene rings is 2. The lowest BCUT2D eigenvalue weighted by Gasteiger charge is -2.10. The molecule has 0 aromatic heterocycles. The van der Waals surface area contributed by atoms with Gasteiger partial charge in [-0.2, -0.15) is 5.10 Å². The molecule has 0 atom stereocenters. The van der Waals surface area contributed by atoms with Crippen LogP contribution in [0.1, 0.15) is 5.56 Å². The lowest BCUT2D eigenvalue weighted by molar-refractivity contribution is -0.384. The quantitative estimate of drug-likeness (QED) is 0.468. The summed E-state index contributed by atoms with van der Waals surface area (Å²) in [5.74, 6) is 1.16. The largest absolute Gasteiger partial charge is 0.493 e. The summed E-state index contributed by atoms with van der Waals surface area (Å²) in [4.78, 5) is 10.3. The Balaban J connectivity index is 2.16. The second kappa shape index (κ2) is 7.59. The van der Waals surface area contributed by atoms with Crippen LogP contribution in [0.15, 0.2) is 46.0 Å². The number of anilines is 1. The maximum atomic E-state index is 10.7. The van der Waals surface area contributed by atoms with Crippen LogP contribution in [0.3, 0.4) is 0 Å². The number of hydrogen-bond acceptors (Lipinski definition) is 6. The predicted molar refractivity (Wildman–Crippen MR) is 91.6 cm³/mol. The second-order valence-electron chi connectivity index (χ2n) is 4.42. The molecule has 0 saturated heterocycles. The summed E-state index contributed by atoms with van der Waals surface area (Å²) >= 11 is 3.40. The molecule has 120 valence electrons. The van der Waals surface area contributed by atoms with Gasteiger partial charge in [0.1, 0.15) is 0 Å². The van der Waals surface area contributed by atoms with Crippen LogP contribution in [0.2, 0.25) is 0 Å². The second-order valence-corrected chi connectivity index (χ2v) is 5.27. The van der Waals surface area contributed by atoms with E-state index < -0.39 is 4.92 Å². The fourth-order valence-corrected chi connectivity index (χ4v) is 2.50. The van der Waals surface area contributed by atoms with Gasteiger partial charge in [-0.05, 0) is 39.7 Å². The molecule has 0 radical (unpaired) electrons. The van der Waals surface area contributed by atoms with E-state index in [1.807, 2.05) is 6.07 Å². The van der Waals surface area contributed by atoms with Crippen LogP contribution in [0, 0.1) is 10.1 Å². The fourth-order valence-electron chi connectivity index (χ4n) is 1.88. The Hall–Kier alpha value is -2.61. The van der Waals surface area contributed by atoms with Crippen LogP contribution in [-0.2, 0) is 0 Å². The van der Waals surface area contributed by atoms with Crippen molar-refractivity contribution in [3.63, 3.8) is 0 Å². The van der Waals surface area contributed by atoms with Gasteiger partial charge in [0.05, 0.1) is 35.5 Å². The first-order valence-electron chi connectivity index (χ1n) is 6.50. The average Bonchev–Trinajstić information content (AvgIpc) is 2.54. The molecule has 0 saturated carbocycles. The third kappa shape index (κ3) is 4.19. The van der Waals surface area contributed by atoms with Crippen molar-refractivity contribution in [2.45, 2.75) is 0 Å². The SMILES string of the molecule is COc1cc(C=NNc2cccc([N+](=O)[O-])c2)cc(Br)c1OC. The van der Waals surface area contributed by atoms with Crippen molar-refractivity contribution in [1.82, 2.24) is 0 Å². The molecule has 23 heavy (non-hydrogen) atoms. The van der Waals surface area contributed by atoms with Crippen molar-refractivity contribution in [2.75, 3.05) is 19.6 Å². The Kier molecular flexibility index (Phi) is 5.53. The van der Waals surface area contributed by atoms with Gasteiger partial charge in [-0.1, -0.05) is 6.07 Å². The van der Waals surface area contributed by atoms with Gasteiger partial charge in [0.15, 0.2) is 11.5 Å². The molecule has 2 aromatic rings. The Morgan fingerprint density at radius 2 is 2.04 bits per heavy atom. The van der Waals surface area contributed by atoms with E-state index >= 15 is 0 Å². The zero-order chi connectivity index (χ0) is 16.8. The summed E-state index contributed by atoms with van der Waals surface area (Å²) in [6.45, 7) is 0. The van der Waals surface area contributed by atoms with Gasteiger partial charge < -0.3 is 9.47 Å². The van der Waals surface area contributed by atoms with E-state index in [0.29, 0.717) is 17.2 Å². The highest BCUT2D eigenvalue weighted by Gasteiger charge is 2.09. The zero-order valence-corrected chi connectivity index (χ0v) is 14.0.